The van der Waals surface area contributed by atoms with Crippen LogP contribution in [-0.2, 0) is 25.3 Å². The summed E-state index contributed by atoms with van der Waals surface area (Å²) in [6.45, 7) is 6.05. The van der Waals surface area contributed by atoms with Crippen molar-refractivity contribution in [1.82, 2.24) is 0 Å². The van der Waals surface area contributed by atoms with Crippen LogP contribution in [0.1, 0.15) is 33.6 Å². The van der Waals surface area contributed by atoms with Crippen molar-refractivity contribution >= 4 is 0 Å². The van der Waals surface area contributed by atoms with E-state index in [1.807, 2.05) is 20.8 Å². The Labute approximate surface area is 74.9 Å². The number of rotatable bonds is 5. The van der Waals surface area contributed by atoms with E-state index in [1.54, 1.807) is 0 Å². The fourth-order valence-corrected chi connectivity index (χ4v) is 1.96. The third-order valence-electron chi connectivity index (χ3n) is 1.57. The van der Waals surface area contributed by atoms with Crippen molar-refractivity contribution in [2.24, 2.45) is 5.92 Å². The summed E-state index contributed by atoms with van der Waals surface area (Å²) in [6, 6.07) is 0. The first-order chi connectivity index (χ1) is 5.07. The van der Waals surface area contributed by atoms with E-state index < -0.39 is 18.6 Å². The monoisotopic (exact) mass is 196 g/mol. The van der Waals surface area contributed by atoms with Gasteiger partial charge in [-0.05, 0) is 0 Å². The molecule has 66 valence electrons. The second-order valence-corrected chi connectivity index (χ2v) is 4.15. The van der Waals surface area contributed by atoms with Gasteiger partial charge in [-0.1, -0.05) is 0 Å². The molecule has 3 nitrogen and oxygen atoms in total. The second-order valence-electron chi connectivity index (χ2n) is 2.95. The van der Waals surface area contributed by atoms with E-state index in [2.05, 4.69) is 0 Å². The van der Waals surface area contributed by atoms with Gasteiger partial charge in [0.1, 0.15) is 0 Å². The first-order valence-corrected chi connectivity index (χ1v) is 5.94. The molecule has 0 spiro atoms. The summed E-state index contributed by atoms with van der Waals surface area (Å²) in [4.78, 5) is 0. The van der Waals surface area contributed by atoms with E-state index in [0.29, 0.717) is 5.92 Å². The van der Waals surface area contributed by atoms with Crippen LogP contribution in [-0.4, -0.2) is 9.79 Å². The molecule has 0 radical (unpaired) electrons. The molecular formula is C7H16O3Ti. The second kappa shape index (κ2) is 6.01. The maximum absolute atomic E-state index is 10.4. The van der Waals surface area contributed by atoms with Crippen LogP contribution in [0, 0.1) is 5.92 Å². The predicted molar refractivity (Wildman–Crippen MR) is 37.5 cm³/mol. The summed E-state index contributed by atoms with van der Waals surface area (Å²) in [5.74, 6) is 0.332. The molecule has 0 amide bonds. The topological polar surface area (TPSA) is 46.5 Å². The molecule has 0 aliphatic rings. The van der Waals surface area contributed by atoms with Crippen LogP contribution in [0.3, 0.4) is 0 Å². The van der Waals surface area contributed by atoms with E-state index in [1.165, 1.54) is 0 Å². The Bertz CT molecular complexity index is 125. The summed E-state index contributed by atoms with van der Waals surface area (Å²) in [5, 5.41) is 0. The van der Waals surface area contributed by atoms with Gasteiger partial charge in [-0.15, -0.1) is 0 Å². The van der Waals surface area contributed by atoms with Gasteiger partial charge < -0.3 is 0 Å². The van der Waals surface area contributed by atoms with Crippen molar-refractivity contribution in [2.75, 3.05) is 0 Å². The van der Waals surface area contributed by atoms with Crippen LogP contribution in [0.25, 0.3) is 0 Å². The molecular weight excluding hydrogens is 180 g/mol. The zero-order valence-corrected chi connectivity index (χ0v) is 8.89. The van der Waals surface area contributed by atoms with Gasteiger partial charge in [0.05, 0.1) is 0 Å². The summed E-state index contributed by atoms with van der Waals surface area (Å²) in [7, 11) is 0. The fourth-order valence-electron chi connectivity index (χ4n) is 0.942. The average molecular weight is 196 g/mol. The molecule has 11 heavy (non-hydrogen) atoms. The van der Waals surface area contributed by atoms with Gasteiger partial charge in [-0.3, -0.25) is 0 Å². The zero-order chi connectivity index (χ0) is 8.85. The van der Waals surface area contributed by atoms with E-state index in [4.69, 9.17) is 7.01 Å². The van der Waals surface area contributed by atoms with Gasteiger partial charge in [0.2, 0.25) is 0 Å². The van der Waals surface area contributed by atoms with E-state index >= 15 is 0 Å². The molecule has 0 bridgehead atoms. The van der Waals surface area contributed by atoms with Crippen LogP contribution in [0.2, 0.25) is 0 Å². The van der Waals surface area contributed by atoms with Crippen molar-refractivity contribution in [3.05, 3.63) is 0 Å². The van der Waals surface area contributed by atoms with Gasteiger partial charge in [0.25, 0.3) is 0 Å². The van der Waals surface area contributed by atoms with Crippen molar-refractivity contribution in [1.29, 1.82) is 0 Å². The Morgan fingerprint density at radius 3 is 2.36 bits per heavy atom. The normalized spacial score (nSPS) is 13.5. The Kier molecular flexibility index (Phi) is 6.24. The van der Waals surface area contributed by atoms with Crippen LogP contribution in [0.15, 0.2) is 0 Å². The van der Waals surface area contributed by atoms with E-state index in [-0.39, 0.29) is 6.10 Å². The summed E-state index contributed by atoms with van der Waals surface area (Å²) < 4.78 is 23.9. The average Bonchev–Trinajstić information content (AvgIpc) is 1.86. The van der Waals surface area contributed by atoms with Crippen molar-refractivity contribution < 1.29 is 28.9 Å². The molecule has 0 aromatic heterocycles. The molecule has 1 N–H and O–H groups in total. The fraction of sp³-hybridized carbons (Fsp3) is 1.00. The van der Waals surface area contributed by atoms with Gasteiger partial charge in [-0.2, -0.15) is 0 Å². The van der Waals surface area contributed by atoms with Crippen LogP contribution in [0.5, 0.6) is 0 Å². The Balaban J connectivity index is 3.79. The predicted octanol–water partition coefficient (Wildman–Crippen LogP) is 1.61. The molecule has 0 aliphatic heterocycles. The van der Waals surface area contributed by atoms with Crippen molar-refractivity contribution in [2.45, 2.75) is 39.7 Å². The molecule has 0 aromatic rings. The molecule has 1 unspecified atom stereocenters. The molecule has 4 heteroatoms. The first kappa shape index (κ1) is 11.4. The quantitative estimate of drug-likeness (QED) is 0.679. The Morgan fingerprint density at radius 1 is 1.55 bits per heavy atom. The minimum atomic E-state index is -3.30. The third-order valence-corrected chi connectivity index (χ3v) is 2.36. The molecule has 0 saturated heterocycles. The van der Waals surface area contributed by atoms with Gasteiger partial charge in [0, 0.05) is 0 Å². The number of hydrogen-bond acceptors (Lipinski definition) is 2. The first-order valence-electron chi connectivity index (χ1n) is 3.97. The summed E-state index contributed by atoms with van der Waals surface area (Å²) in [6.07, 6.45) is 1.84. The van der Waals surface area contributed by atoms with E-state index in [0.717, 1.165) is 12.8 Å². The Hall–Kier alpha value is 0.434. The molecule has 0 saturated carbocycles. The molecule has 0 rings (SSSR count). The minimum absolute atomic E-state index is 0.0301. The number of hydrogen-bond donors (Lipinski definition) is 1. The van der Waals surface area contributed by atoms with Gasteiger partial charge in [0.15, 0.2) is 0 Å². The SMILES string of the molecule is CCCC([O][Ti](=[O])[OH])C(C)C. The maximum atomic E-state index is 10.4. The molecule has 0 aliphatic carbocycles. The summed E-state index contributed by atoms with van der Waals surface area (Å²) in [5.41, 5.74) is 0. The van der Waals surface area contributed by atoms with Crippen LogP contribution >= 0.6 is 0 Å². The molecule has 1 atom stereocenters. The zero-order valence-electron chi connectivity index (χ0n) is 7.33. The van der Waals surface area contributed by atoms with Gasteiger partial charge in [-0.25, -0.2) is 0 Å². The van der Waals surface area contributed by atoms with Crippen molar-refractivity contribution in [3.8, 4) is 0 Å². The molecule has 0 aromatic carbocycles. The Morgan fingerprint density at radius 2 is 2.09 bits per heavy atom. The van der Waals surface area contributed by atoms with Gasteiger partial charge >= 0.3 is 74.6 Å². The van der Waals surface area contributed by atoms with Crippen molar-refractivity contribution in [3.63, 3.8) is 0 Å². The van der Waals surface area contributed by atoms with Crippen LogP contribution < -0.4 is 0 Å². The van der Waals surface area contributed by atoms with E-state index in [9.17, 15) is 3.32 Å². The summed E-state index contributed by atoms with van der Waals surface area (Å²) >= 11 is -3.30. The molecule has 0 fully saturated rings. The van der Waals surface area contributed by atoms with Crippen LogP contribution in [0.4, 0.5) is 0 Å². The standard InChI is InChI=1S/C7H15O.H2O.O.Ti/c1-4-5-7(8)6(2)3;;;/h6-7H,4-5H2,1-3H3;1H2;;/q-1;;;+2/p-1. The third kappa shape index (κ3) is 5.68. The molecule has 0 heterocycles.